The van der Waals surface area contributed by atoms with E-state index in [-0.39, 0.29) is 23.7 Å². The van der Waals surface area contributed by atoms with Gasteiger partial charge in [0, 0.05) is 44.5 Å². The normalized spacial score (nSPS) is 20.0. The van der Waals surface area contributed by atoms with Gasteiger partial charge in [-0.15, -0.1) is 0 Å². The van der Waals surface area contributed by atoms with Gasteiger partial charge in [-0.05, 0) is 51.0 Å². The van der Waals surface area contributed by atoms with Crippen LogP contribution in [-0.4, -0.2) is 77.9 Å². The van der Waals surface area contributed by atoms with Gasteiger partial charge in [-0.25, -0.2) is 4.39 Å². The van der Waals surface area contributed by atoms with E-state index in [0.29, 0.717) is 18.3 Å². The zero-order chi connectivity index (χ0) is 21.5. The molecule has 1 aromatic carbocycles. The highest BCUT2D eigenvalue weighted by Gasteiger charge is 2.32. The second-order valence-corrected chi connectivity index (χ2v) is 8.46. The summed E-state index contributed by atoms with van der Waals surface area (Å²) in [5.41, 5.74) is 0.599. The molecule has 0 aromatic heterocycles. The molecule has 1 aliphatic heterocycles. The lowest BCUT2D eigenvalue weighted by Gasteiger charge is -2.41. The van der Waals surface area contributed by atoms with Crippen LogP contribution in [0.15, 0.2) is 24.3 Å². The van der Waals surface area contributed by atoms with Crippen LogP contribution in [0.4, 0.5) is 10.1 Å². The topological polar surface area (TPSA) is 55.9 Å². The molecule has 3 rings (SSSR count). The first-order valence-electron chi connectivity index (χ1n) is 11.3. The third-order valence-corrected chi connectivity index (χ3v) is 6.45. The Hall–Kier alpha value is -1.99. The monoisotopic (exact) mass is 418 g/mol. The fourth-order valence-corrected chi connectivity index (χ4v) is 4.63. The summed E-state index contributed by atoms with van der Waals surface area (Å²) in [6.07, 6.45) is 5.99. The Morgan fingerprint density at radius 2 is 1.73 bits per heavy atom. The van der Waals surface area contributed by atoms with E-state index in [0.717, 1.165) is 45.6 Å². The third-order valence-electron chi connectivity index (χ3n) is 6.45. The van der Waals surface area contributed by atoms with Crippen molar-refractivity contribution < 1.29 is 14.0 Å². The minimum Gasteiger partial charge on any atom is -0.339 e. The van der Waals surface area contributed by atoms with Gasteiger partial charge in [0.25, 0.3) is 0 Å². The molecule has 1 heterocycles. The Morgan fingerprint density at radius 3 is 2.33 bits per heavy atom. The summed E-state index contributed by atoms with van der Waals surface area (Å²) < 4.78 is 13.0. The minimum atomic E-state index is -0.321. The summed E-state index contributed by atoms with van der Waals surface area (Å²) in [7, 11) is 0. The van der Waals surface area contributed by atoms with Crippen LogP contribution in [0, 0.1) is 5.82 Å². The summed E-state index contributed by atoms with van der Waals surface area (Å²) in [6.45, 7) is 8.24. The molecule has 1 saturated heterocycles. The van der Waals surface area contributed by atoms with Crippen LogP contribution in [0.1, 0.15) is 46.0 Å². The van der Waals surface area contributed by atoms with Gasteiger partial charge in [0.1, 0.15) is 5.82 Å². The predicted octanol–water partition coefficient (Wildman–Crippen LogP) is 2.95. The lowest BCUT2D eigenvalue weighted by molar-refractivity contribution is -0.140. The first-order chi connectivity index (χ1) is 14.5. The van der Waals surface area contributed by atoms with E-state index < -0.39 is 0 Å². The van der Waals surface area contributed by atoms with Crippen molar-refractivity contribution in [3.05, 3.63) is 30.1 Å². The zero-order valence-electron chi connectivity index (χ0n) is 18.3. The Balaban J connectivity index is 1.45. The molecule has 1 unspecified atom stereocenters. The van der Waals surface area contributed by atoms with E-state index in [1.165, 1.54) is 31.4 Å². The molecule has 166 valence electrons. The lowest BCUT2D eigenvalue weighted by atomic mass is 9.93. The van der Waals surface area contributed by atoms with Crippen LogP contribution >= 0.6 is 0 Å². The first kappa shape index (κ1) is 22.7. The van der Waals surface area contributed by atoms with Gasteiger partial charge in [-0.2, -0.15) is 0 Å². The second kappa shape index (κ2) is 10.9. The van der Waals surface area contributed by atoms with E-state index in [4.69, 9.17) is 0 Å². The summed E-state index contributed by atoms with van der Waals surface area (Å²) >= 11 is 0. The number of piperazine rings is 1. The molecule has 30 heavy (non-hydrogen) atoms. The fourth-order valence-electron chi connectivity index (χ4n) is 4.63. The highest BCUT2D eigenvalue weighted by Crippen LogP contribution is 2.24. The van der Waals surface area contributed by atoms with Gasteiger partial charge in [-0.3, -0.25) is 19.4 Å². The maximum absolute atomic E-state index is 13.1. The molecule has 7 heteroatoms. The number of anilines is 1. The number of carbonyl (C=O) groups excluding carboxylic acids is 2. The largest absolute Gasteiger partial charge is 0.339 e. The van der Waals surface area contributed by atoms with Crippen LogP contribution in [0.2, 0.25) is 0 Å². The van der Waals surface area contributed by atoms with Gasteiger partial charge < -0.3 is 10.2 Å². The SMILES string of the molecule is CCN(C(=O)C(C)N1CCN(CC(=O)Nc2ccc(F)cc2)CC1)C1CCCCC1. The molecule has 2 amide bonds. The summed E-state index contributed by atoms with van der Waals surface area (Å²) in [5.74, 6) is -0.182. The molecule has 1 N–H and O–H groups in total. The molecular weight excluding hydrogens is 383 g/mol. The fraction of sp³-hybridized carbons (Fsp3) is 0.652. The van der Waals surface area contributed by atoms with Gasteiger partial charge in [0.05, 0.1) is 12.6 Å². The molecule has 0 bridgehead atoms. The quantitative estimate of drug-likeness (QED) is 0.740. The third kappa shape index (κ3) is 6.01. The van der Waals surface area contributed by atoms with Crippen molar-refractivity contribution in [1.82, 2.24) is 14.7 Å². The molecule has 1 aliphatic carbocycles. The van der Waals surface area contributed by atoms with E-state index >= 15 is 0 Å². The van der Waals surface area contributed by atoms with Crippen LogP contribution in [0.5, 0.6) is 0 Å². The maximum Gasteiger partial charge on any atom is 0.239 e. The van der Waals surface area contributed by atoms with Crippen LogP contribution in [0.3, 0.4) is 0 Å². The molecule has 1 atom stereocenters. The van der Waals surface area contributed by atoms with E-state index in [1.807, 2.05) is 6.92 Å². The number of hydrogen-bond donors (Lipinski definition) is 1. The van der Waals surface area contributed by atoms with Gasteiger partial charge in [0.15, 0.2) is 0 Å². The number of nitrogens with one attached hydrogen (secondary N) is 1. The van der Waals surface area contributed by atoms with Crippen molar-refractivity contribution >= 4 is 17.5 Å². The number of rotatable bonds is 7. The average molecular weight is 419 g/mol. The molecule has 0 radical (unpaired) electrons. The Morgan fingerprint density at radius 1 is 1.10 bits per heavy atom. The lowest BCUT2D eigenvalue weighted by Crippen LogP contribution is -2.56. The molecule has 2 fully saturated rings. The van der Waals surface area contributed by atoms with E-state index in [2.05, 4.69) is 26.9 Å². The van der Waals surface area contributed by atoms with Gasteiger partial charge in [0.2, 0.25) is 11.8 Å². The summed E-state index contributed by atoms with van der Waals surface area (Å²) in [4.78, 5) is 31.8. The number of likely N-dealkylation sites (N-methyl/N-ethyl adjacent to an activating group) is 1. The van der Waals surface area contributed by atoms with Crippen LogP contribution in [-0.2, 0) is 9.59 Å². The number of nitrogens with zero attached hydrogens (tertiary/aromatic N) is 3. The number of amides is 2. The minimum absolute atomic E-state index is 0.103. The van der Waals surface area contributed by atoms with Gasteiger partial charge in [-0.1, -0.05) is 19.3 Å². The Kier molecular flexibility index (Phi) is 8.22. The van der Waals surface area contributed by atoms with Crippen molar-refractivity contribution in [3.63, 3.8) is 0 Å². The molecule has 1 saturated carbocycles. The van der Waals surface area contributed by atoms with Crippen molar-refractivity contribution in [3.8, 4) is 0 Å². The van der Waals surface area contributed by atoms with Gasteiger partial charge >= 0.3 is 0 Å². The standard InChI is InChI=1S/C23H35FN4O2/c1-3-28(21-7-5-4-6-8-21)23(30)18(2)27-15-13-26(14-16-27)17-22(29)25-20-11-9-19(24)10-12-20/h9-12,18,21H,3-8,13-17H2,1-2H3,(H,25,29). The van der Waals surface area contributed by atoms with Crippen molar-refractivity contribution in [2.24, 2.45) is 0 Å². The first-order valence-corrected chi connectivity index (χ1v) is 11.3. The van der Waals surface area contributed by atoms with Crippen molar-refractivity contribution in [1.29, 1.82) is 0 Å². The maximum atomic E-state index is 13.1. The highest BCUT2D eigenvalue weighted by atomic mass is 19.1. The number of halogens is 1. The molecule has 2 aliphatic rings. The second-order valence-electron chi connectivity index (χ2n) is 8.46. The van der Waals surface area contributed by atoms with Crippen LogP contribution < -0.4 is 5.32 Å². The average Bonchev–Trinajstić information content (AvgIpc) is 2.76. The molecular formula is C23H35FN4O2. The molecule has 0 spiro atoms. The van der Waals surface area contributed by atoms with E-state index in [9.17, 15) is 14.0 Å². The van der Waals surface area contributed by atoms with E-state index in [1.54, 1.807) is 12.1 Å². The highest BCUT2D eigenvalue weighted by molar-refractivity contribution is 5.92. The predicted molar refractivity (Wildman–Crippen MR) is 117 cm³/mol. The smallest absolute Gasteiger partial charge is 0.239 e. The summed E-state index contributed by atoms with van der Waals surface area (Å²) in [6, 6.07) is 6.06. The van der Waals surface area contributed by atoms with Crippen molar-refractivity contribution in [2.45, 2.75) is 58.0 Å². The van der Waals surface area contributed by atoms with Crippen molar-refractivity contribution in [2.75, 3.05) is 44.6 Å². The number of carbonyl (C=O) groups is 2. The molecule has 6 nitrogen and oxygen atoms in total. The molecule has 1 aromatic rings. The van der Waals surface area contributed by atoms with Crippen LogP contribution in [0.25, 0.3) is 0 Å². The number of hydrogen-bond acceptors (Lipinski definition) is 4. The number of benzene rings is 1. The summed E-state index contributed by atoms with van der Waals surface area (Å²) in [5, 5.41) is 2.81. The zero-order valence-corrected chi connectivity index (χ0v) is 18.3. The Bertz CT molecular complexity index is 698. The Labute approximate surface area is 179 Å².